The van der Waals surface area contributed by atoms with Crippen molar-refractivity contribution in [3.63, 3.8) is 0 Å². The molecule has 0 saturated heterocycles. The minimum absolute atomic E-state index is 0.00230. The van der Waals surface area contributed by atoms with Crippen molar-refractivity contribution in [3.8, 4) is 5.75 Å². The van der Waals surface area contributed by atoms with E-state index >= 15 is 0 Å². The summed E-state index contributed by atoms with van der Waals surface area (Å²) in [6, 6.07) is 8.63. The maximum absolute atomic E-state index is 13.6. The Balaban J connectivity index is 1.92. The third-order valence-corrected chi connectivity index (χ3v) is 2.99. The second-order valence-electron chi connectivity index (χ2n) is 3.97. The Morgan fingerprint density at radius 1 is 1.30 bits per heavy atom. The molecule has 0 bridgehead atoms. The van der Waals surface area contributed by atoms with Crippen molar-refractivity contribution in [1.29, 1.82) is 0 Å². The Morgan fingerprint density at radius 3 is 2.95 bits per heavy atom. The number of fused-ring (bicyclic) bond motifs is 1. The van der Waals surface area contributed by atoms with E-state index in [9.17, 15) is 9.18 Å². The summed E-state index contributed by atoms with van der Waals surface area (Å²) < 4.78 is 23.8. The summed E-state index contributed by atoms with van der Waals surface area (Å²) in [4.78, 5) is 15.9. The number of carbonyl (C=O) groups is 1. The van der Waals surface area contributed by atoms with E-state index in [1.54, 1.807) is 6.07 Å². The molecule has 0 N–H and O–H groups in total. The number of carbonyl (C=O) groups excluding carboxylic acids is 1. The Kier molecular flexibility index (Phi) is 3.12. The van der Waals surface area contributed by atoms with E-state index in [0.29, 0.717) is 11.1 Å². The summed E-state index contributed by atoms with van der Waals surface area (Å²) >= 11 is 5.80. The van der Waals surface area contributed by atoms with Crippen LogP contribution in [0.3, 0.4) is 0 Å². The first-order chi connectivity index (χ1) is 9.65. The fraction of sp³-hybridized carbons (Fsp3) is 0. The second kappa shape index (κ2) is 4.94. The smallest absolute Gasteiger partial charge is 0.348 e. The number of benzene rings is 2. The number of esters is 1. The van der Waals surface area contributed by atoms with Crippen molar-refractivity contribution >= 4 is 28.7 Å². The summed E-state index contributed by atoms with van der Waals surface area (Å²) in [5.74, 6) is -1.36. The highest BCUT2D eigenvalue weighted by Gasteiger charge is 2.18. The van der Waals surface area contributed by atoms with Crippen LogP contribution < -0.4 is 4.74 Å². The highest BCUT2D eigenvalue weighted by atomic mass is 35.5. The molecule has 0 saturated carbocycles. The number of rotatable bonds is 2. The lowest BCUT2D eigenvalue weighted by Crippen LogP contribution is -2.11. The van der Waals surface area contributed by atoms with Crippen molar-refractivity contribution in [2.45, 2.75) is 0 Å². The zero-order valence-electron chi connectivity index (χ0n) is 9.97. The minimum Gasteiger partial charge on any atom is -0.443 e. The van der Waals surface area contributed by atoms with Crippen molar-refractivity contribution in [1.82, 2.24) is 4.98 Å². The van der Waals surface area contributed by atoms with Gasteiger partial charge in [-0.15, -0.1) is 0 Å². The van der Waals surface area contributed by atoms with E-state index in [1.807, 2.05) is 0 Å². The lowest BCUT2D eigenvalue weighted by molar-refractivity contribution is 0.0730. The molecule has 0 aliphatic heterocycles. The van der Waals surface area contributed by atoms with E-state index in [4.69, 9.17) is 20.8 Å². The van der Waals surface area contributed by atoms with Crippen LogP contribution in [-0.2, 0) is 0 Å². The quantitative estimate of drug-likeness (QED) is 0.532. The van der Waals surface area contributed by atoms with Gasteiger partial charge in [0.05, 0.1) is 5.02 Å². The predicted molar refractivity (Wildman–Crippen MR) is 70.4 cm³/mol. The fourth-order valence-electron chi connectivity index (χ4n) is 1.75. The van der Waals surface area contributed by atoms with Crippen LogP contribution in [0.15, 0.2) is 47.2 Å². The van der Waals surface area contributed by atoms with Gasteiger partial charge in [-0.1, -0.05) is 17.7 Å². The molecule has 1 heterocycles. The van der Waals surface area contributed by atoms with Crippen molar-refractivity contribution in [2.24, 2.45) is 0 Å². The molecule has 0 amide bonds. The third-order valence-electron chi connectivity index (χ3n) is 2.68. The lowest BCUT2D eigenvalue weighted by atomic mass is 10.2. The molecule has 2 aromatic carbocycles. The van der Waals surface area contributed by atoms with Crippen LogP contribution >= 0.6 is 11.6 Å². The molecule has 3 aromatic rings. The van der Waals surface area contributed by atoms with Gasteiger partial charge in [0.15, 0.2) is 12.0 Å². The standard InChI is InChI=1S/C14H7ClFNO3/c15-9-2-1-3-10(16)13(9)14(18)20-8-4-5-12-11(6-8)17-7-19-12/h1-7H. The average Bonchev–Trinajstić information content (AvgIpc) is 2.85. The van der Waals surface area contributed by atoms with Gasteiger partial charge in [-0.25, -0.2) is 14.2 Å². The highest BCUT2D eigenvalue weighted by Crippen LogP contribution is 2.23. The van der Waals surface area contributed by atoms with E-state index < -0.39 is 11.8 Å². The molecule has 4 nitrogen and oxygen atoms in total. The van der Waals surface area contributed by atoms with Crippen LogP contribution in [-0.4, -0.2) is 11.0 Å². The van der Waals surface area contributed by atoms with Crippen molar-refractivity contribution in [3.05, 3.63) is 59.2 Å². The number of hydrogen-bond donors (Lipinski definition) is 0. The van der Waals surface area contributed by atoms with Gasteiger partial charge < -0.3 is 9.15 Å². The van der Waals surface area contributed by atoms with Crippen LogP contribution in [0, 0.1) is 5.82 Å². The third kappa shape index (κ3) is 2.23. The zero-order chi connectivity index (χ0) is 14.1. The minimum atomic E-state index is -0.865. The Bertz CT molecular complexity index is 780. The molecule has 0 unspecified atom stereocenters. The first-order valence-electron chi connectivity index (χ1n) is 5.64. The topological polar surface area (TPSA) is 52.3 Å². The first-order valence-corrected chi connectivity index (χ1v) is 6.02. The van der Waals surface area contributed by atoms with Gasteiger partial charge in [0.25, 0.3) is 0 Å². The molecule has 3 rings (SSSR count). The van der Waals surface area contributed by atoms with Crippen molar-refractivity contribution < 1.29 is 18.3 Å². The number of hydrogen-bond acceptors (Lipinski definition) is 4. The van der Waals surface area contributed by atoms with Crippen LogP contribution in [0.4, 0.5) is 4.39 Å². The zero-order valence-corrected chi connectivity index (χ0v) is 10.7. The van der Waals surface area contributed by atoms with Gasteiger partial charge in [-0.05, 0) is 24.3 Å². The number of ether oxygens (including phenoxy) is 1. The molecule has 20 heavy (non-hydrogen) atoms. The molecule has 1 aromatic heterocycles. The van der Waals surface area contributed by atoms with Gasteiger partial charge in [-0.3, -0.25) is 0 Å². The monoisotopic (exact) mass is 291 g/mol. The summed E-state index contributed by atoms with van der Waals surface area (Å²) in [6.45, 7) is 0. The number of aromatic nitrogens is 1. The van der Waals surface area contributed by atoms with Crippen LogP contribution in [0.25, 0.3) is 11.1 Å². The SMILES string of the molecule is O=C(Oc1ccc2ocnc2c1)c1c(F)cccc1Cl. The van der Waals surface area contributed by atoms with Crippen molar-refractivity contribution in [2.75, 3.05) is 0 Å². The number of halogens is 2. The molecule has 0 spiro atoms. The maximum atomic E-state index is 13.6. The largest absolute Gasteiger partial charge is 0.443 e. The number of nitrogens with zero attached hydrogens (tertiary/aromatic N) is 1. The molecule has 0 fully saturated rings. The highest BCUT2D eigenvalue weighted by molar-refractivity contribution is 6.33. The van der Waals surface area contributed by atoms with Crippen LogP contribution in [0.5, 0.6) is 5.75 Å². The van der Waals surface area contributed by atoms with Gasteiger partial charge >= 0.3 is 5.97 Å². The van der Waals surface area contributed by atoms with Gasteiger partial charge in [0.2, 0.25) is 0 Å². The molecule has 0 aliphatic rings. The average molecular weight is 292 g/mol. The lowest BCUT2D eigenvalue weighted by Gasteiger charge is -2.06. The van der Waals surface area contributed by atoms with E-state index in [0.717, 1.165) is 6.07 Å². The van der Waals surface area contributed by atoms with E-state index in [2.05, 4.69) is 4.98 Å². The summed E-state index contributed by atoms with van der Waals surface area (Å²) in [5.41, 5.74) is 0.804. The molecule has 6 heteroatoms. The molecule has 100 valence electrons. The molecular weight excluding hydrogens is 285 g/mol. The normalized spacial score (nSPS) is 10.7. The Hall–Kier alpha value is -2.40. The molecular formula is C14H7ClFNO3. The fourth-order valence-corrected chi connectivity index (χ4v) is 1.99. The predicted octanol–water partition coefficient (Wildman–Crippen LogP) is 3.84. The summed E-state index contributed by atoms with van der Waals surface area (Å²) in [5, 5.41) is -0.00230. The molecule has 0 aliphatic carbocycles. The van der Waals surface area contributed by atoms with Gasteiger partial charge in [0, 0.05) is 6.07 Å². The summed E-state index contributed by atoms with van der Waals surface area (Å²) in [6.07, 6.45) is 1.28. The second-order valence-corrected chi connectivity index (χ2v) is 4.38. The maximum Gasteiger partial charge on any atom is 0.348 e. The van der Waals surface area contributed by atoms with E-state index in [-0.39, 0.29) is 16.3 Å². The Labute approximate surface area is 117 Å². The summed E-state index contributed by atoms with van der Waals surface area (Å²) in [7, 11) is 0. The van der Waals surface area contributed by atoms with Crippen LogP contribution in [0.1, 0.15) is 10.4 Å². The van der Waals surface area contributed by atoms with Gasteiger partial charge in [-0.2, -0.15) is 0 Å². The van der Waals surface area contributed by atoms with Gasteiger partial charge in [0.1, 0.15) is 22.6 Å². The molecule has 0 radical (unpaired) electrons. The number of oxazole rings is 1. The van der Waals surface area contributed by atoms with E-state index in [1.165, 1.54) is 30.7 Å². The van der Waals surface area contributed by atoms with Crippen LogP contribution in [0.2, 0.25) is 5.02 Å². The first kappa shape index (κ1) is 12.6. The molecule has 0 atom stereocenters. The Morgan fingerprint density at radius 2 is 2.15 bits per heavy atom.